The third-order valence-electron chi connectivity index (χ3n) is 4.04. The number of nitrogens with zero attached hydrogens (tertiary/aromatic N) is 1. The lowest BCUT2D eigenvalue weighted by Crippen LogP contribution is -2.18. The monoisotopic (exact) mass is 366 g/mol. The number of hydrogen-bond donors (Lipinski definition) is 1. The molecule has 0 bridgehead atoms. The number of nitrogens with one attached hydrogen (secondary N) is 1. The van der Waals surface area contributed by atoms with Crippen LogP contribution >= 0.6 is 11.6 Å². The molecule has 0 aliphatic heterocycles. The maximum atomic E-state index is 11.8. The summed E-state index contributed by atoms with van der Waals surface area (Å²) >= 11 is 5.88. The fourth-order valence-electron chi connectivity index (χ4n) is 2.63. The number of aryl methyl sites for hydroxylation is 1. The molecule has 0 aliphatic carbocycles. The number of hydrogen-bond acceptors (Lipinski definition) is 3. The summed E-state index contributed by atoms with van der Waals surface area (Å²) in [5.41, 5.74) is 4.39. The standard InChI is InChI=1S/C21H19ClN2O2/c1-14-11-16(3-8-19(14)21(25)23-2)20-12-15(9-10-24-20)13-26-18-6-4-17(22)5-7-18/h3-12H,13H2,1-2H3,(H,23,25). The molecule has 3 rings (SSSR count). The highest BCUT2D eigenvalue weighted by Gasteiger charge is 2.09. The van der Waals surface area contributed by atoms with Crippen molar-refractivity contribution in [2.75, 3.05) is 7.05 Å². The van der Waals surface area contributed by atoms with Gasteiger partial charge >= 0.3 is 0 Å². The normalized spacial score (nSPS) is 10.4. The van der Waals surface area contributed by atoms with E-state index in [-0.39, 0.29) is 5.91 Å². The summed E-state index contributed by atoms with van der Waals surface area (Å²) in [6, 6.07) is 16.9. The van der Waals surface area contributed by atoms with Gasteiger partial charge in [0.1, 0.15) is 12.4 Å². The Hall–Kier alpha value is -2.85. The maximum absolute atomic E-state index is 11.8. The molecular weight excluding hydrogens is 348 g/mol. The summed E-state index contributed by atoms with van der Waals surface area (Å²) in [6.45, 7) is 2.36. The molecule has 1 heterocycles. The van der Waals surface area contributed by atoms with Gasteiger partial charge in [0, 0.05) is 29.4 Å². The topological polar surface area (TPSA) is 51.2 Å². The molecule has 132 valence electrons. The Kier molecular flexibility index (Phi) is 5.54. The van der Waals surface area contributed by atoms with Gasteiger partial charge in [-0.15, -0.1) is 0 Å². The second-order valence-corrected chi connectivity index (χ2v) is 6.34. The minimum absolute atomic E-state index is 0.0906. The lowest BCUT2D eigenvalue weighted by Gasteiger charge is -2.10. The lowest BCUT2D eigenvalue weighted by atomic mass is 10.0. The number of benzene rings is 2. The van der Waals surface area contributed by atoms with Crippen molar-refractivity contribution < 1.29 is 9.53 Å². The summed E-state index contributed by atoms with van der Waals surface area (Å²) in [6.07, 6.45) is 1.76. The molecule has 5 heteroatoms. The van der Waals surface area contributed by atoms with Crippen LogP contribution in [0.3, 0.4) is 0 Å². The number of amides is 1. The highest BCUT2D eigenvalue weighted by atomic mass is 35.5. The minimum Gasteiger partial charge on any atom is -0.489 e. The Bertz CT molecular complexity index is 924. The van der Waals surface area contributed by atoms with Gasteiger partial charge in [0.15, 0.2) is 0 Å². The molecule has 0 aliphatic rings. The van der Waals surface area contributed by atoms with E-state index in [1.54, 1.807) is 25.4 Å². The van der Waals surface area contributed by atoms with E-state index >= 15 is 0 Å². The van der Waals surface area contributed by atoms with Crippen LogP contribution in [0.1, 0.15) is 21.5 Å². The van der Waals surface area contributed by atoms with Crippen molar-refractivity contribution in [3.8, 4) is 17.0 Å². The molecule has 0 saturated heterocycles. The molecule has 0 unspecified atom stereocenters. The zero-order valence-corrected chi connectivity index (χ0v) is 15.4. The average Bonchev–Trinajstić information content (AvgIpc) is 2.67. The second-order valence-electron chi connectivity index (χ2n) is 5.90. The van der Waals surface area contributed by atoms with Crippen molar-refractivity contribution in [1.29, 1.82) is 0 Å². The molecular formula is C21H19ClN2O2. The van der Waals surface area contributed by atoms with Gasteiger partial charge in [0.05, 0.1) is 5.69 Å². The first kappa shape index (κ1) is 18.0. The summed E-state index contributed by atoms with van der Waals surface area (Å²) in [4.78, 5) is 16.3. The first-order valence-electron chi connectivity index (χ1n) is 8.23. The third kappa shape index (κ3) is 4.21. The first-order valence-corrected chi connectivity index (χ1v) is 8.61. The highest BCUT2D eigenvalue weighted by molar-refractivity contribution is 6.30. The average molecular weight is 367 g/mol. The predicted molar refractivity (Wildman–Crippen MR) is 104 cm³/mol. The zero-order valence-electron chi connectivity index (χ0n) is 14.6. The van der Waals surface area contributed by atoms with Crippen molar-refractivity contribution in [2.45, 2.75) is 13.5 Å². The van der Waals surface area contributed by atoms with Crippen molar-refractivity contribution >= 4 is 17.5 Å². The smallest absolute Gasteiger partial charge is 0.251 e. The van der Waals surface area contributed by atoms with E-state index in [1.807, 2.05) is 49.4 Å². The van der Waals surface area contributed by atoms with Crippen LogP contribution in [0.2, 0.25) is 5.02 Å². The van der Waals surface area contributed by atoms with Crippen molar-refractivity contribution in [1.82, 2.24) is 10.3 Å². The predicted octanol–water partition coefficient (Wildman–Crippen LogP) is 4.65. The zero-order chi connectivity index (χ0) is 18.5. The summed E-state index contributed by atoms with van der Waals surface area (Å²) in [5, 5.41) is 3.33. The number of carbonyl (C=O) groups is 1. The Morgan fingerprint density at radius 1 is 1.12 bits per heavy atom. The largest absolute Gasteiger partial charge is 0.489 e. The second kappa shape index (κ2) is 8.02. The van der Waals surface area contributed by atoms with E-state index in [0.717, 1.165) is 28.1 Å². The summed E-state index contributed by atoms with van der Waals surface area (Å²) in [7, 11) is 1.63. The van der Waals surface area contributed by atoms with Crippen LogP contribution in [0.25, 0.3) is 11.3 Å². The molecule has 26 heavy (non-hydrogen) atoms. The van der Waals surface area contributed by atoms with Gasteiger partial charge in [0.25, 0.3) is 5.91 Å². The molecule has 2 aromatic carbocycles. The first-order chi connectivity index (χ1) is 12.6. The van der Waals surface area contributed by atoms with E-state index in [2.05, 4.69) is 10.3 Å². The number of ether oxygens (including phenoxy) is 1. The maximum Gasteiger partial charge on any atom is 0.251 e. The summed E-state index contributed by atoms with van der Waals surface area (Å²) in [5.74, 6) is 0.672. The minimum atomic E-state index is -0.0906. The van der Waals surface area contributed by atoms with E-state index < -0.39 is 0 Å². The van der Waals surface area contributed by atoms with Gasteiger partial charge in [-0.3, -0.25) is 9.78 Å². The number of pyridine rings is 1. The number of aromatic nitrogens is 1. The van der Waals surface area contributed by atoms with Gasteiger partial charge in [-0.1, -0.05) is 17.7 Å². The van der Waals surface area contributed by atoms with Crippen LogP contribution in [0.4, 0.5) is 0 Å². The molecule has 1 amide bonds. The lowest BCUT2D eigenvalue weighted by molar-refractivity contribution is 0.0962. The van der Waals surface area contributed by atoms with Gasteiger partial charge in [-0.05, 0) is 66.6 Å². The summed E-state index contributed by atoms with van der Waals surface area (Å²) < 4.78 is 5.79. The molecule has 0 radical (unpaired) electrons. The Labute approximate surface area is 157 Å². The quantitative estimate of drug-likeness (QED) is 0.715. The van der Waals surface area contributed by atoms with Crippen molar-refractivity contribution in [3.05, 3.63) is 82.5 Å². The molecule has 0 atom stereocenters. The van der Waals surface area contributed by atoms with Gasteiger partial charge < -0.3 is 10.1 Å². The Morgan fingerprint density at radius 3 is 2.58 bits per heavy atom. The van der Waals surface area contributed by atoms with E-state index in [0.29, 0.717) is 17.2 Å². The molecule has 0 saturated carbocycles. The van der Waals surface area contributed by atoms with Crippen LogP contribution in [0, 0.1) is 6.92 Å². The van der Waals surface area contributed by atoms with Gasteiger partial charge in [0.2, 0.25) is 0 Å². The van der Waals surface area contributed by atoms with Crippen LogP contribution in [0.15, 0.2) is 60.8 Å². The molecule has 1 N–H and O–H groups in total. The fourth-order valence-corrected chi connectivity index (χ4v) is 2.76. The van der Waals surface area contributed by atoms with Crippen molar-refractivity contribution in [3.63, 3.8) is 0 Å². The molecule has 0 spiro atoms. The SMILES string of the molecule is CNC(=O)c1ccc(-c2cc(COc3ccc(Cl)cc3)ccn2)cc1C. The van der Waals surface area contributed by atoms with Crippen LogP contribution in [-0.2, 0) is 6.61 Å². The highest BCUT2D eigenvalue weighted by Crippen LogP contribution is 2.22. The van der Waals surface area contributed by atoms with Crippen LogP contribution in [0.5, 0.6) is 5.75 Å². The molecule has 1 aromatic heterocycles. The molecule has 4 nitrogen and oxygen atoms in total. The Morgan fingerprint density at radius 2 is 1.88 bits per heavy atom. The van der Waals surface area contributed by atoms with E-state index in [9.17, 15) is 4.79 Å². The molecule has 3 aromatic rings. The number of rotatable bonds is 5. The fraction of sp³-hybridized carbons (Fsp3) is 0.143. The third-order valence-corrected chi connectivity index (χ3v) is 4.29. The van der Waals surface area contributed by atoms with Crippen LogP contribution < -0.4 is 10.1 Å². The number of carbonyl (C=O) groups excluding carboxylic acids is 1. The van der Waals surface area contributed by atoms with E-state index in [4.69, 9.17) is 16.3 Å². The van der Waals surface area contributed by atoms with Crippen LogP contribution in [-0.4, -0.2) is 17.9 Å². The molecule has 0 fully saturated rings. The van der Waals surface area contributed by atoms with Crippen molar-refractivity contribution in [2.24, 2.45) is 0 Å². The van der Waals surface area contributed by atoms with Gasteiger partial charge in [-0.25, -0.2) is 0 Å². The Balaban J connectivity index is 1.77. The van der Waals surface area contributed by atoms with E-state index in [1.165, 1.54) is 0 Å². The van der Waals surface area contributed by atoms with Gasteiger partial charge in [-0.2, -0.15) is 0 Å². The number of halogens is 1.